The van der Waals surface area contributed by atoms with Gasteiger partial charge in [-0.2, -0.15) is 0 Å². The van der Waals surface area contributed by atoms with Crippen molar-refractivity contribution < 1.29 is 76.6 Å². The first-order valence-corrected chi connectivity index (χ1v) is 10.1. The van der Waals surface area contributed by atoms with Gasteiger partial charge in [0.15, 0.2) is 0 Å². The van der Waals surface area contributed by atoms with E-state index in [0.29, 0.717) is 0 Å². The van der Waals surface area contributed by atoms with Crippen molar-refractivity contribution in [1.29, 1.82) is 0 Å². The molecule has 0 spiro atoms. The first-order chi connectivity index (χ1) is 14.5. The number of hydroxylamine groups is 2. The van der Waals surface area contributed by atoms with Gasteiger partial charge < -0.3 is 19.8 Å². The van der Waals surface area contributed by atoms with Crippen molar-refractivity contribution in [2.75, 3.05) is 6.54 Å². The van der Waals surface area contributed by atoms with Crippen molar-refractivity contribution in [3.63, 3.8) is 0 Å². The zero-order valence-electron chi connectivity index (χ0n) is 16.7. The fourth-order valence-corrected chi connectivity index (χ4v) is 3.31. The van der Waals surface area contributed by atoms with E-state index in [1.165, 1.54) is 6.07 Å². The average Bonchev–Trinajstić information content (AvgIpc) is 2.98. The van der Waals surface area contributed by atoms with E-state index in [0.717, 1.165) is 12.1 Å². The topological polar surface area (TPSA) is 213 Å². The molecule has 0 radical (unpaired) electrons. The van der Waals surface area contributed by atoms with Gasteiger partial charge in [-0.15, -0.1) is 5.06 Å². The van der Waals surface area contributed by atoms with Crippen molar-refractivity contribution in [1.82, 2.24) is 10.4 Å². The molecule has 32 heavy (non-hydrogen) atoms. The standard InChI is InChI=1S/C16H17N3O11S.Na/c20-8-10-6-9(3-4-11(10)19(25)26)15(23)17-5-1-2-14(22)30-18-13(21)7-12(16(18)24)31(27,28)29;/h3-4,6,12,20H,1-2,5,7-8H2,(H,17,23)(H,27,28,29);/q;+1/p-1. The van der Waals surface area contributed by atoms with E-state index in [-0.39, 0.29) is 70.8 Å². The number of benzene rings is 1. The summed E-state index contributed by atoms with van der Waals surface area (Å²) in [6, 6.07) is 3.40. The van der Waals surface area contributed by atoms with Crippen molar-refractivity contribution in [3.05, 3.63) is 39.4 Å². The minimum absolute atomic E-state index is 0. The van der Waals surface area contributed by atoms with E-state index in [1.807, 2.05) is 0 Å². The molecule has 0 saturated carbocycles. The molecule has 1 saturated heterocycles. The molecular weight excluding hydrogens is 465 g/mol. The van der Waals surface area contributed by atoms with Crippen LogP contribution in [0.15, 0.2) is 18.2 Å². The second-order valence-corrected chi connectivity index (χ2v) is 7.85. The van der Waals surface area contributed by atoms with Gasteiger partial charge in [-0.25, -0.2) is 13.2 Å². The molecule has 168 valence electrons. The Morgan fingerprint density at radius 3 is 2.50 bits per heavy atom. The van der Waals surface area contributed by atoms with Gasteiger partial charge in [0.05, 0.1) is 23.5 Å². The third-order valence-electron chi connectivity index (χ3n) is 4.16. The number of imide groups is 1. The zero-order chi connectivity index (χ0) is 23.3. The van der Waals surface area contributed by atoms with Crippen LogP contribution in [0.5, 0.6) is 0 Å². The van der Waals surface area contributed by atoms with Gasteiger partial charge in [0.2, 0.25) is 0 Å². The number of aliphatic hydroxyl groups is 1. The maximum absolute atomic E-state index is 12.1. The third kappa shape index (κ3) is 6.78. The van der Waals surface area contributed by atoms with Gasteiger partial charge in [0, 0.05) is 24.6 Å². The Balaban J connectivity index is 0.00000512. The summed E-state index contributed by atoms with van der Waals surface area (Å²) in [5.41, 5.74) is -0.366. The summed E-state index contributed by atoms with van der Waals surface area (Å²) in [4.78, 5) is 61.7. The van der Waals surface area contributed by atoms with Crippen molar-refractivity contribution in [3.8, 4) is 0 Å². The molecule has 1 aliphatic heterocycles. The van der Waals surface area contributed by atoms with Crippen LogP contribution in [0.1, 0.15) is 35.2 Å². The maximum Gasteiger partial charge on any atom is 1.00 e. The zero-order valence-corrected chi connectivity index (χ0v) is 19.5. The minimum Gasteiger partial charge on any atom is -0.747 e. The number of nitro groups is 1. The SMILES string of the molecule is O=C(CCCNC(=O)c1ccc([N+](=O)[O-])c(CO)c1)ON1C(=O)CC(S(=O)(=O)[O-])C1=O.[Na+]. The van der Waals surface area contributed by atoms with E-state index in [4.69, 9.17) is 0 Å². The number of nitro benzene ring substituents is 1. The minimum atomic E-state index is -5.08. The van der Waals surface area contributed by atoms with Crippen LogP contribution in [0.3, 0.4) is 0 Å². The molecule has 1 aromatic carbocycles. The Labute approximate surface area is 203 Å². The predicted molar refractivity (Wildman–Crippen MR) is 96.6 cm³/mol. The van der Waals surface area contributed by atoms with Gasteiger partial charge in [-0.05, 0) is 18.6 Å². The number of hydrogen-bond donors (Lipinski definition) is 2. The molecule has 0 bridgehead atoms. The van der Waals surface area contributed by atoms with Gasteiger partial charge >= 0.3 is 35.5 Å². The summed E-state index contributed by atoms with van der Waals surface area (Å²) in [7, 11) is -5.08. The molecule has 1 atom stereocenters. The molecule has 1 aliphatic rings. The third-order valence-corrected chi connectivity index (χ3v) is 5.22. The van der Waals surface area contributed by atoms with Gasteiger partial charge in [0.1, 0.15) is 15.4 Å². The quantitative estimate of drug-likeness (QED) is 0.0860. The molecule has 2 rings (SSSR count). The molecule has 1 unspecified atom stereocenters. The summed E-state index contributed by atoms with van der Waals surface area (Å²) in [5.74, 6) is -4.29. The van der Waals surface area contributed by atoms with E-state index >= 15 is 0 Å². The summed E-state index contributed by atoms with van der Waals surface area (Å²) >= 11 is 0. The summed E-state index contributed by atoms with van der Waals surface area (Å²) in [6.07, 6.45) is -1.28. The van der Waals surface area contributed by atoms with Crippen LogP contribution in [-0.4, -0.2) is 63.5 Å². The summed E-state index contributed by atoms with van der Waals surface area (Å²) in [6.45, 7) is -0.704. The Kier molecular flexibility index (Phi) is 9.87. The molecule has 2 N–H and O–H groups in total. The van der Waals surface area contributed by atoms with Crippen LogP contribution in [0, 0.1) is 10.1 Å². The molecule has 14 nitrogen and oxygen atoms in total. The van der Waals surface area contributed by atoms with Gasteiger partial charge in [-0.3, -0.25) is 24.5 Å². The van der Waals surface area contributed by atoms with Gasteiger partial charge in [-0.1, -0.05) is 0 Å². The number of aliphatic hydroxyl groups excluding tert-OH is 1. The fraction of sp³-hybridized carbons (Fsp3) is 0.375. The molecule has 1 fully saturated rings. The number of carbonyl (C=O) groups is 4. The largest absolute Gasteiger partial charge is 1.00 e. The number of nitrogens with zero attached hydrogens (tertiary/aromatic N) is 2. The molecular formula is C16H16N3NaO11S. The van der Waals surface area contributed by atoms with Crippen LogP contribution in [0.25, 0.3) is 0 Å². The molecule has 0 aliphatic carbocycles. The second kappa shape index (κ2) is 11.4. The Morgan fingerprint density at radius 2 is 1.97 bits per heavy atom. The molecule has 16 heteroatoms. The molecule has 1 heterocycles. The van der Waals surface area contributed by atoms with E-state index in [2.05, 4.69) is 10.2 Å². The van der Waals surface area contributed by atoms with Crippen molar-refractivity contribution in [2.24, 2.45) is 0 Å². The molecule has 3 amide bonds. The van der Waals surface area contributed by atoms with Crippen LogP contribution in [-0.2, 0) is 35.9 Å². The second-order valence-electron chi connectivity index (χ2n) is 6.29. The molecule has 1 aromatic rings. The number of amides is 3. The van der Waals surface area contributed by atoms with E-state index in [9.17, 15) is 47.4 Å². The first kappa shape index (κ1) is 27.6. The Bertz CT molecular complexity index is 1040. The van der Waals surface area contributed by atoms with Crippen molar-refractivity contribution in [2.45, 2.75) is 31.1 Å². The molecule has 0 aromatic heterocycles. The number of rotatable bonds is 9. The van der Waals surface area contributed by atoms with Crippen LogP contribution in [0.4, 0.5) is 5.69 Å². The Hall–Kier alpha value is -2.43. The van der Waals surface area contributed by atoms with Crippen molar-refractivity contribution >= 4 is 39.5 Å². The normalized spacial score (nSPS) is 15.8. The maximum atomic E-state index is 12.1. The number of nitrogens with one attached hydrogen (secondary N) is 1. The fourth-order valence-electron chi connectivity index (χ4n) is 2.62. The summed E-state index contributed by atoms with van der Waals surface area (Å²) < 4.78 is 32.8. The monoisotopic (exact) mass is 481 g/mol. The Morgan fingerprint density at radius 1 is 1.31 bits per heavy atom. The smallest absolute Gasteiger partial charge is 0.747 e. The number of carbonyl (C=O) groups excluding carboxylic acids is 4. The predicted octanol–water partition coefficient (Wildman–Crippen LogP) is -4.27. The van der Waals surface area contributed by atoms with Gasteiger partial charge in [0.25, 0.3) is 23.4 Å². The van der Waals surface area contributed by atoms with Crippen LogP contribution >= 0.6 is 0 Å². The number of hydrogen-bond acceptors (Lipinski definition) is 11. The van der Waals surface area contributed by atoms with E-state index < -0.39 is 57.0 Å². The van der Waals surface area contributed by atoms with Crippen LogP contribution in [0.2, 0.25) is 0 Å². The average molecular weight is 481 g/mol. The summed E-state index contributed by atoms with van der Waals surface area (Å²) in [5, 5.41) is 20.2. The van der Waals surface area contributed by atoms with E-state index in [1.54, 1.807) is 0 Å². The first-order valence-electron chi connectivity index (χ1n) is 8.64. The van der Waals surface area contributed by atoms with Crippen LogP contribution < -0.4 is 34.9 Å².